The van der Waals surface area contributed by atoms with E-state index in [1.165, 1.54) is 23.5 Å². The molecular formula is C16H17FN4O2S. The van der Waals surface area contributed by atoms with E-state index in [0.717, 1.165) is 0 Å². The molecule has 0 spiro atoms. The predicted molar refractivity (Wildman–Crippen MR) is 89.1 cm³/mol. The van der Waals surface area contributed by atoms with E-state index in [0.29, 0.717) is 30.3 Å². The highest BCUT2D eigenvalue weighted by Crippen LogP contribution is 2.24. The molecule has 1 aromatic heterocycles. The van der Waals surface area contributed by atoms with E-state index in [1.54, 1.807) is 23.7 Å². The largest absolute Gasteiger partial charge is 0.353 e. The Bertz CT molecular complexity index is 723. The number of benzene rings is 1. The third kappa shape index (κ3) is 3.95. The molecule has 2 amide bonds. The first-order valence-electron chi connectivity index (χ1n) is 7.60. The number of piperazine rings is 1. The van der Waals surface area contributed by atoms with Crippen molar-refractivity contribution in [3.05, 3.63) is 47.2 Å². The summed E-state index contributed by atoms with van der Waals surface area (Å²) >= 11 is 1.35. The number of nitrogens with zero attached hydrogens (tertiary/aromatic N) is 2. The molecule has 2 aromatic rings. The summed E-state index contributed by atoms with van der Waals surface area (Å²) in [5.41, 5.74) is 0.590. The Morgan fingerprint density at radius 1 is 1.50 bits per heavy atom. The van der Waals surface area contributed by atoms with Gasteiger partial charge in [0.25, 0.3) is 0 Å². The van der Waals surface area contributed by atoms with Crippen LogP contribution in [0.2, 0.25) is 0 Å². The van der Waals surface area contributed by atoms with Gasteiger partial charge in [-0.05, 0) is 17.7 Å². The fourth-order valence-corrected chi connectivity index (χ4v) is 3.25. The Hall–Kier alpha value is -2.32. The summed E-state index contributed by atoms with van der Waals surface area (Å²) < 4.78 is 13.5. The quantitative estimate of drug-likeness (QED) is 0.864. The third-order valence-corrected chi connectivity index (χ3v) is 4.47. The zero-order valence-electron chi connectivity index (χ0n) is 12.9. The summed E-state index contributed by atoms with van der Waals surface area (Å²) in [6, 6.07) is 5.43. The van der Waals surface area contributed by atoms with Gasteiger partial charge < -0.3 is 10.6 Å². The van der Waals surface area contributed by atoms with Crippen LogP contribution in [0.3, 0.4) is 0 Å². The lowest BCUT2D eigenvalue weighted by molar-refractivity contribution is -0.130. The number of hydrogen-bond acceptors (Lipinski definition) is 5. The molecule has 3 rings (SSSR count). The smallest absolute Gasteiger partial charge is 0.242 e. The molecule has 1 aromatic carbocycles. The molecule has 0 saturated carbocycles. The van der Waals surface area contributed by atoms with Gasteiger partial charge in [-0.15, -0.1) is 11.3 Å². The number of anilines is 1. The monoisotopic (exact) mass is 348 g/mol. The SMILES string of the molecule is O=C(CCN1CCNC(=O)C1c1cccc(F)c1)Nc1nccs1. The van der Waals surface area contributed by atoms with Gasteiger partial charge in [-0.2, -0.15) is 0 Å². The summed E-state index contributed by atoms with van der Waals surface area (Å²) in [6.07, 6.45) is 1.86. The number of aromatic nitrogens is 1. The van der Waals surface area contributed by atoms with Crippen LogP contribution in [0.15, 0.2) is 35.8 Å². The molecule has 6 nitrogen and oxygen atoms in total. The first-order valence-corrected chi connectivity index (χ1v) is 8.48. The van der Waals surface area contributed by atoms with Crippen molar-refractivity contribution in [1.82, 2.24) is 15.2 Å². The van der Waals surface area contributed by atoms with Gasteiger partial charge in [0.05, 0.1) is 0 Å². The standard InChI is InChI=1S/C16H17FN4O2S/c17-12-3-1-2-11(10-12)14-15(23)18-5-8-21(14)7-4-13(22)20-16-19-6-9-24-16/h1-3,6,9-10,14H,4-5,7-8H2,(H,18,23)(H,19,20,22). The minimum Gasteiger partial charge on any atom is -0.353 e. The molecular weight excluding hydrogens is 331 g/mol. The van der Waals surface area contributed by atoms with Crippen molar-refractivity contribution >= 4 is 28.3 Å². The van der Waals surface area contributed by atoms with E-state index in [1.807, 2.05) is 4.90 Å². The minimum atomic E-state index is -0.581. The number of carbonyl (C=O) groups excluding carboxylic acids is 2. The summed E-state index contributed by atoms with van der Waals surface area (Å²) in [4.78, 5) is 30.1. The van der Waals surface area contributed by atoms with Gasteiger partial charge in [0, 0.05) is 37.6 Å². The van der Waals surface area contributed by atoms with Gasteiger partial charge in [0.2, 0.25) is 11.8 Å². The molecule has 126 valence electrons. The zero-order valence-corrected chi connectivity index (χ0v) is 13.7. The van der Waals surface area contributed by atoms with Crippen molar-refractivity contribution in [2.45, 2.75) is 12.5 Å². The Balaban J connectivity index is 1.66. The highest BCUT2D eigenvalue weighted by atomic mass is 32.1. The number of rotatable bonds is 5. The molecule has 1 aliphatic heterocycles. The predicted octanol–water partition coefficient (Wildman–Crippen LogP) is 1.78. The van der Waals surface area contributed by atoms with Gasteiger partial charge in [-0.25, -0.2) is 9.37 Å². The highest BCUT2D eigenvalue weighted by molar-refractivity contribution is 7.13. The molecule has 1 fully saturated rings. The van der Waals surface area contributed by atoms with Crippen LogP contribution in [-0.2, 0) is 9.59 Å². The van der Waals surface area contributed by atoms with Crippen LogP contribution >= 0.6 is 11.3 Å². The van der Waals surface area contributed by atoms with Gasteiger partial charge in [0.15, 0.2) is 5.13 Å². The van der Waals surface area contributed by atoms with Crippen LogP contribution < -0.4 is 10.6 Å². The fraction of sp³-hybridized carbons (Fsp3) is 0.312. The van der Waals surface area contributed by atoms with Crippen LogP contribution in [-0.4, -0.2) is 41.3 Å². The fourth-order valence-electron chi connectivity index (χ4n) is 2.71. The van der Waals surface area contributed by atoms with E-state index in [2.05, 4.69) is 15.6 Å². The van der Waals surface area contributed by atoms with Crippen LogP contribution in [0.25, 0.3) is 0 Å². The number of carbonyl (C=O) groups is 2. The van der Waals surface area contributed by atoms with Crippen LogP contribution in [0.4, 0.5) is 9.52 Å². The zero-order chi connectivity index (χ0) is 16.9. The molecule has 2 heterocycles. The number of amides is 2. The lowest BCUT2D eigenvalue weighted by atomic mass is 10.0. The first kappa shape index (κ1) is 16.5. The Morgan fingerprint density at radius 3 is 3.12 bits per heavy atom. The van der Waals surface area contributed by atoms with Gasteiger partial charge in [-0.3, -0.25) is 14.5 Å². The van der Waals surface area contributed by atoms with E-state index in [4.69, 9.17) is 0 Å². The highest BCUT2D eigenvalue weighted by Gasteiger charge is 2.31. The van der Waals surface area contributed by atoms with Gasteiger partial charge in [0.1, 0.15) is 11.9 Å². The lowest BCUT2D eigenvalue weighted by Crippen LogP contribution is -2.50. The molecule has 2 N–H and O–H groups in total. The van der Waals surface area contributed by atoms with Crippen LogP contribution in [0.5, 0.6) is 0 Å². The average molecular weight is 348 g/mol. The first-order chi connectivity index (χ1) is 11.6. The topological polar surface area (TPSA) is 74.3 Å². The number of thiazole rings is 1. The summed E-state index contributed by atoms with van der Waals surface area (Å²) in [5.74, 6) is -0.714. The Morgan fingerprint density at radius 2 is 2.38 bits per heavy atom. The van der Waals surface area contributed by atoms with Gasteiger partial charge >= 0.3 is 0 Å². The Kier molecular flexibility index (Phi) is 5.17. The second-order valence-corrected chi connectivity index (χ2v) is 6.31. The summed E-state index contributed by atoms with van der Waals surface area (Å²) in [5, 5.41) is 7.85. The molecule has 0 bridgehead atoms. The summed E-state index contributed by atoms with van der Waals surface area (Å²) in [7, 11) is 0. The van der Waals surface area contributed by atoms with E-state index >= 15 is 0 Å². The number of halogens is 1. The molecule has 24 heavy (non-hydrogen) atoms. The van der Waals surface area contributed by atoms with Gasteiger partial charge in [-0.1, -0.05) is 12.1 Å². The maximum Gasteiger partial charge on any atom is 0.242 e. The Labute approximate surface area is 142 Å². The van der Waals surface area contributed by atoms with Crippen molar-refractivity contribution in [3.63, 3.8) is 0 Å². The van der Waals surface area contributed by atoms with Crippen LogP contribution in [0.1, 0.15) is 18.0 Å². The van der Waals surface area contributed by atoms with Crippen molar-refractivity contribution in [3.8, 4) is 0 Å². The molecule has 0 aliphatic carbocycles. The van der Waals surface area contributed by atoms with E-state index in [-0.39, 0.29) is 24.1 Å². The molecule has 8 heteroatoms. The number of nitrogens with one attached hydrogen (secondary N) is 2. The van der Waals surface area contributed by atoms with E-state index in [9.17, 15) is 14.0 Å². The lowest BCUT2D eigenvalue weighted by Gasteiger charge is -2.35. The molecule has 0 radical (unpaired) electrons. The number of hydrogen-bond donors (Lipinski definition) is 2. The third-order valence-electron chi connectivity index (χ3n) is 3.78. The van der Waals surface area contributed by atoms with E-state index < -0.39 is 6.04 Å². The molecule has 1 unspecified atom stereocenters. The minimum absolute atomic E-state index is 0.158. The normalized spacial score (nSPS) is 18.2. The van der Waals surface area contributed by atoms with Crippen molar-refractivity contribution < 1.29 is 14.0 Å². The molecule has 1 aliphatic rings. The van der Waals surface area contributed by atoms with Crippen LogP contribution in [0, 0.1) is 5.82 Å². The van der Waals surface area contributed by atoms with Crippen molar-refractivity contribution in [2.24, 2.45) is 0 Å². The second-order valence-electron chi connectivity index (χ2n) is 5.42. The van der Waals surface area contributed by atoms with Crippen molar-refractivity contribution in [2.75, 3.05) is 25.0 Å². The maximum absolute atomic E-state index is 13.5. The average Bonchev–Trinajstić information content (AvgIpc) is 3.06. The maximum atomic E-state index is 13.5. The molecule has 1 saturated heterocycles. The van der Waals surface area contributed by atoms with Crippen molar-refractivity contribution in [1.29, 1.82) is 0 Å². The molecule has 1 atom stereocenters. The second kappa shape index (κ2) is 7.50. The summed E-state index contributed by atoms with van der Waals surface area (Å²) in [6.45, 7) is 1.53.